The number of hydrazine groups is 1. The van der Waals surface area contributed by atoms with Crippen molar-refractivity contribution in [2.45, 2.75) is 31.1 Å². The lowest BCUT2D eigenvalue weighted by molar-refractivity contribution is 0.0848. The van der Waals surface area contributed by atoms with Crippen LogP contribution >= 0.6 is 11.3 Å². The first-order chi connectivity index (χ1) is 15.7. The van der Waals surface area contributed by atoms with Gasteiger partial charge in [-0.3, -0.25) is 25.2 Å². The molecule has 172 valence electrons. The molecule has 0 radical (unpaired) electrons. The Labute approximate surface area is 195 Å². The van der Waals surface area contributed by atoms with E-state index in [9.17, 15) is 22.4 Å². The SMILES string of the molecule is CC1CCc2sc(C(=O)NNC(=O)c3cccc(S(=O)(=O)Nc4ccccc4F)c3)cc2C1. The molecule has 0 bridgehead atoms. The van der Waals surface area contributed by atoms with Gasteiger partial charge in [0.15, 0.2) is 0 Å². The third-order valence-electron chi connectivity index (χ3n) is 5.37. The zero-order valence-electron chi connectivity index (χ0n) is 17.7. The number of amides is 2. The number of carbonyl (C=O) groups is 2. The van der Waals surface area contributed by atoms with Crippen molar-refractivity contribution in [2.24, 2.45) is 5.92 Å². The number of nitrogens with one attached hydrogen (secondary N) is 3. The van der Waals surface area contributed by atoms with Gasteiger partial charge in [-0.25, -0.2) is 12.8 Å². The Morgan fingerprint density at radius 1 is 1.03 bits per heavy atom. The number of carbonyl (C=O) groups excluding carboxylic acids is 2. The Morgan fingerprint density at radius 2 is 1.79 bits per heavy atom. The van der Waals surface area contributed by atoms with E-state index in [0.717, 1.165) is 31.4 Å². The van der Waals surface area contributed by atoms with Crippen LogP contribution in [0.1, 0.15) is 43.8 Å². The van der Waals surface area contributed by atoms with E-state index in [1.165, 1.54) is 58.2 Å². The minimum Gasteiger partial charge on any atom is -0.277 e. The number of benzene rings is 2. The maximum Gasteiger partial charge on any atom is 0.279 e. The van der Waals surface area contributed by atoms with Crippen molar-refractivity contribution in [2.75, 3.05) is 4.72 Å². The molecule has 1 aliphatic rings. The van der Waals surface area contributed by atoms with Gasteiger partial charge in [0.25, 0.3) is 21.8 Å². The van der Waals surface area contributed by atoms with E-state index < -0.39 is 27.7 Å². The lowest BCUT2D eigenvalue weighted by atomic mass is 9.90. The van der Waals surface area contributed by atoms with Crippen LogP contribution in [0.4, 0.5) is 10.1 Å². The van der Waals surface area contributed by atoms with E-state index >= 15 is 0 Å². The number of aryl methyl sites for hydroxylation is 1. The van der Waals surface area contributed by atoms with Gasteiger partial charge in [-0.05, 0) is 67.1 Å². The Hall–Kier alpha value is -3.24. The number of rotatable bonds is 5. The second-order valence-corrected chi connectivity index (χ2v) is 10.7. The Bertz CT molecular complexity index is 1320. The molecule has 1 atom stereocenters. The van der Waals surface area contributed by atoms with Crippen LogP contribution in [0.2, 0.25) is 0 Å². The largest absolute Gasteiger partial charge is 0.279 e. The minimum absolute atomic E-state index is 0.0195. The number of hydrogen-bond donors (Lipinski definition) is 3. The van der Waals surface area contributed by atoms with Gasteiger partial charge in [-0.15, -0.1) is 11.3 Å². The van der Waals surface area contributed by atoms with E-state index in [1.807, 2.05) is 6.07 Å². The molecule has 10 heteroatoms. The summed E-state index contributed by atoms with van der Waals surface area (Å²) in [4.78, 5) is 26.5. The number of hydrogen-bond acceptors (Lipinski definition) is 5. The third-order valence-corrected chi connectivity index (χ3v) is 7.97. The van der Waals surface area contributed by atoms with Crippen molar-refractivity contribution < 1.29 is 22.4 Å². The summed E-state index contributed by atoms with van der Waals surface area (Å²) in [5.74, 6) is -1.25. The van der Waals surface area contributed by atoms with Gasteiger partial charge >= 0.3 is 0 Å². The summed E-state index contributed by atoms with van der Waals surface area (Å²) in [6, 6.07) is 12.5. The summed E-state index contributed by atoms with van der Waals surface area (Å²) in [5.41, 5.74) is 5.69. The molecule has 33 heavy (non-hydrogen) atoms. The molecule has 0 spiro atoms. The lowest BCUT2D eigenvalue weighted by Crippen LogP contribution is -2.41. The minimum atomic E-state index is -4.13. The van der Waals surface area contributed by atoms with Crippen molar-refractivity contribution in [3.8, 4) is 0 Å². The van der Waals surface area contributed by atoms with E-state index in [2.05, 4.69) is 22.5 Å². The van der Waals surface area contributed by atoms with Crippen LogP contribution in [0.15, 0.2) is 59.5 Å². The van der Waals surface area contributed by atoms with Gasteiger partial charge < -0.3 is 0 Å². The van der Waals surface area contributed by atoms with Crippen LogP contribution in [-0.4, -0.2) is 20.2 Å². The molecule has 4 rings (SSSR count). The highest BCUT2D eigenvalue weighted by Crippen LogP contribution is 2.32. The molecule has 1 unspecified atom stereocenters. The zero-order valence-corrected chi connectivity index (χ0v) is 19.4. The first-order valence-corrected chi connectivity index (χ1v) is 12.6. The fourth-order valence-electron chi connectivity index (χ4n) is 3.62. The highest BCUT2D eigenvalue weighted by atomic mass is 32.2. The Kier molecular flexibility index (Phi) is 6.48. The van der Waals surface area contributed by atoms with Gasteiger partial charge in [0.2, 0.25) is 0 Å². The number of para-hydroxylation sites is 1. The van der Waals surface area contributed by atoms with E-state index in [1.54, 1.807) is 0 Å². The normalized spacial score (nSPS) is 15.4. The predicted molar refractivity (Wildman–Crippen MR) is 124 cm³/mol. The van der Waals surface area contributed by atoms with Gasteiger partial charge in [0.05, 0.1) is 15.5 Å². The summed E-state index contributed by atoms with van der Waals surface area (Å²) in [6.45, 7) is 2.18. The van der Waals surface area contributed by atoms with Crippen LogP contribution < -0.4 is 15.6 Å². The smallest absolute Gasteiger partial charge is 0.277 e. The van der Waals surface area contributed by atoms with Gasteiger partial charge in [-0.2, -0.15) is 0 Å². The summed E-state index contributed by atoms with van der Waals surface area (Å²) >= 11 is 1.42. The monoisotopic (exact) mass is 487 g/mol. The molecular formula is C23H22FN3O4S2. The molecule has 0 fully saturated rings. The van der Waals surface area contributed by atoms with Crippen LogP contribution in [0.25, 0.3) is 0 Å². The highest BCUT2D eigenvalue weighted by Gasteiger charge is 2.22. The standard InChI is InChI=1S/C23H22FN3O4S2/c1-14-9-10-20-16(11-14)13-21(32-20)23(29)26-25-22(28)15-5-4-6-17(12-15)33(30,31)27-19-8-3-2-7-18(19)24/h2-8,12-14,27H,9-11H2,1H3,(H,25,28)(H,26,29). The highest BCUT2D eigenvalue weighted by molar-refractivity contribution is 7.92. The average Bonchev–Trinajstić information content (AvgIpc) is 3.22. The second-order valence-electron chi connectivity index (χ2n) is 7.93. The second kappa shape index (κ2) is 9.32. The number of sulfonamides is 1. The molecule has 0 saturated carbocycles. The molecule has 0 saturated heterocycles. The van der Waals surface area contributed by atoms with Crippen LogP contribution in [0, 0.1) is 11.7 Å². The molecular weight excluding hydrogens is 465 g/mol. The molecule has 7 nitrogen and oxygen atoms in total. The zero-order chi connectivity index (χ0) is 23.6. The van der Waals surface area contributed by atoms with E-state index in [-0.39, 0.29) is 16.1 Å². The fraction of sp³-hybridized carbons (Fsp3) is 0.217. The first kappa shape index (κ1) is 22.9. The van der Waals surface area contributed by atoms with Crippen molar-refractivity contribution in [3.63, 3.8) is 0 Å². The topological polar surface area (TPSA) is 104 Å². The molecule has 2 aromatic carbocycles. The number of anilines is 1. The first-order valence-electron chi connectivity index (χ1n) is 10.3. The molecule has 3 N–H and O–H groups in total. The Balaban J connectivity index is 1.42. The molecule has 2 amide bonds. The summed E-state index contributed by atoms with van der Waals surface area (Å²) < 4.78 is 41.2. The van der Waals surface area contributed by atoms with E-state index in [0.29, 0.717) is 10.8 Å². The number of halogens is 1. The number of thiophene rings is 1. The average molecular weight is 488 g/mol. The fourth-order valence-corrected chi connectivity index (χ4v) is 5.83. The van der Waals surface area contributed by atoms with Gasteiger partial charge in [0.1, 0.15) is 5.82 Å². The predicted octanol–water partition coefficient (Wildman–Crippen LogP) is 3.89. The molecule has 1 aliphatic carbocycles. The van der Waals surface area contributed by atoms with Crippen LogP contribution in [0.3, 0.4) is 0 Å². The van der Waals surface area contributed by atoms with Crippen molar-refractivity contribution in [1.82, 2.24) is 10.9 Å². The summed E-state index contributed by atoms with van der Waals surface area (Å²) in [6.07, 6.45) is 2.98. The van der Waals surface area contributed by atoms with E-state index in [4.69, 9.17) is 0 Å². The Morgan fingerprint density at radius 3 is 2.58 bits per heavy atom. The van der Waals surface area contributed by atoms with Crippen molar-refractivity contribution >= 4 is 38.9 Å². The van der Waals surface area contributed by atoms with Crippen LogP contribution in [-0.2, 0) is 22.9 Å². The maximum absolute atomic E-state index is 13.8. The summed E-state index contributed by atoms with van der Waals surface area (Å²) in [5, 5.41) is 0. The van der Waals surface area contributed by atoms with Crippen molar-refractivity contribution in [3.05, 3.63) is 81.3 Å². The molecule has 1 aromatic heterocycles. The van der Waals surface area contributed by atoms with Gasteiger partial charge in [-0.1, -0.05) is 25.1 Å². The lowest BCUT2D eigenvalue weighted by Gasteiger charge is -2.16. The maximum atomic E-state index is 13.8. The van der Waals surface area contributed by atoms with Gasteiger partial charge in [0, 0.05) is 10.4 Å². The molecule has 1 heterocycles. The van der Waals surface area contributed by atoms with Crippen molar-refractivity contribution in [1.29, 1.82) is 0 Å². The summed E-state index contributed by atoms with van der Waals surface area (Å²) in [7, 11) is -4.13. The third kappa shape index (κ3) is 5.23. The quantitative estimate of drug-likeness (QED) is 0.475. The van der Waals surface area contributed by atoms with Crippen LogP contribution in [0.5, 0.6) is 0 Å². The molecule has 0 aliphatic heterocycles. The number of fused-ring (bicyclic) bond motifs is 1. The molecule has 3 aromatic rings.